The number of methoxy groups -OCH3 is 1. The van der Waals surface area contributed by atoms with Gasteiger partial charge in [0.2, 0.25) is 0 Å². The fourth-order valence-corrected chi connectivity index (χ4v) is 2.43. The predicted octanol–water partition coefficient (Wildman–Crippen LogP) is 2.34. The number of aliphatic hydroxyl groups is 1. The van der Waals surface area contributed by atoms with E-state index in [0.29, 0.717) is 19.2 Å². The van der Waals surface area contributed by atoms with E-state index in [2.05, 4.69) is 50.4 Å². The average Bonchev–Trinajstić information content (AvgIpc) is 2.37. The molecule has 0 radical (unpaired) electrons. The van der Waals surface area contributed by atoms with Gasteiger partial charge in [-0.25, -0.2) is 0 Å². The van der Waals surface area contributed by atoms with Crippen LogP contribution in [0, 0.1) is 0 Å². The molecule has 19 heavy (non-hydrogen) atoms. The molecule has 1 rings (SSSR count). The first kappa shape index (κ1) is 16.2. The zero-order chi connectivity index (χ0) is 14.3. The van der Waals surface area contributed by atoms with Crippen LogP contribution in [0.4, 0.5) is 0 Å². The number of aliphatic hydroxyl groups excluding tert-OH is 1. The van der Waals surface area contributed by atoms with Gasteiger partial charge in [-0.1, -0.05) is 44.2 Å². The van der Waals surface area contributed by atoms with Gasteiger partial charge in [-0.3, -0.25) is 0 Å². The molecule has 0 aliphatic carbocycles. The summed E-state index contributed by atoms with van der Waals surface area (Å²) in [6.45, 7) is 7.62. The van der Waals surface area contributed by atoms with E-state index in [1.54, 1.807) is 7.11 Å². The summed E-state index contributed by atoms with van der Waals surface area (Å²) in [4.78, 5) is 0. The minimum absolute atomic E-state index is 0.125. The normalized spacial score (nSPS) is 15.2. The number of benzene rings is 1. The van der Waals surface area contributed by atoms with Gasteiger partial charge in [-0.05, 0) is 24.3 Å². The zero-order valence-electron chi connectivity index (χ0n) is 12.5. The minimum atomic E-state index is -0.438. The van der Waals surface area contributed by atoms with E-state index in [0.717, 1.165) is 6.42 Å². The first-order valence-corrected chi connectivity index (χ1v) is 6.91. The standard InChI is InChI=1S/C16H27NO2/c1-13(17-11-15(18)12-19-4)10-16(2,3)14-8-6-5-7-9-14/h5-9,13,15,17-18H,10-12H2,1-4H3. The lowest BCUT2D eigenvalue weighted by Crippen LogP contribution is -2.39. The molecule has 0 heterocycles. The third kappa shape index (κ3) is 5.72. The van der Waals surface area contributed by atoms with Crippen molar-refractivity contribution in [3.8, 4) is 0 Å². The van der Waals surface area contributed by atoms with E-state index in [-0.39, 0.29) is 5.41 Å². The molecule has 0 aromatic heterocycles. The lowest BCUT2D eigenvalue weighted by molar-refractivity contribution is 0.0624. The highest BCUT2D eigenvalue weighted by Crippen LogP contribution is 2.27. The highest BCUT2D eigenvalue weighted by Gasteiger charge is 2.23. The summed E-state index contributed by atoms with van der Waals surface area (Å²) in [5.41, 5.74) is 1.47. The Bertz CT molecular complexity index is 351. The average molecular weight is 265 g/mol. The van der Waals surface area contributed by atoms with Crippen molar-refractivity contribution in [1.82, 2.24) is 5.32 Å². The fraction of sp³-hybridized carbons (Fsp3) is 0.625. The number of ether oxygens (including phenoxy) is 1. The first-order valence-electron chi connectivity index (χ1n) is 6.91. The molecule has 0 amide bonds. The van der Waals surface area contributed by atoms with Crippen LogP contribution in [-0.4, -0.2) is 37.5 Å². The van der Waals surface area contributed by atoms with Crippen molar-refractivity contribution >= 4 is 0 Å². The topological polar surface area (TPSA) is 41.5 Å². The largest absolute Gasteiger partial charge is 0.389 e. The maximum absolute atomic E-state index is 9.63. The van der Waals surface area contributed by atoms with Gasteiger partial charge in [0.05, 0.1) is 12.7 Å². The van der Waals surface area contributed by atoms with Crippen LogP contribution in [0.5, 0.6) is 0 Å². The maximum atomic E-state index is 9.63. The van der Waals surface area contributed by atoms with E-state index in [4.69, 9.17) is 4.74 Å². The quantitative estimate of drug-likeness (QED) is 0.758. The van der Waals surface area contributed by atoms with Gasteiger partial charge in [-0.15, -0.1) is 0 Å². The van der Waals surface area contributed by atoms with Crippen molar-refractivity contribution in [2.75, 3.05) is 20.3 Å². The Morgan fingerprint density at radius 2 is 1.89 bits per heavy atom. The summed E-state index contributed by atoms with van der Waals surface area (Å²) in [5.74, 6) is 0. The first-order chi connectivity index (χ1) is 8.95. The third-order valence-electron chi connectivity index (χ3n) is 3.43. The third-order valence-corrected chi connectivity index (χ3v) is 3.43. The summed E-state index contributed by atoms with van der Waals surface area (Å²) in [6.07, 6.45) is 0.587. The Balaban J connectivity index is 2.45. The number of hydrogen-bond donors (Lipinski definition) is 2. The van der Waals surface area contributed by atoms with Gasteiger partial charge in [0.15, 0.2) is 0 Å². The molecule has 0 bridgehead atoms. The van der Waals surface area contributed by atoms with Crippen molar-refractivity contribution in [1.29, 1.82) is 0 Å². The van der Waals surface area contributed by atoms with Crippen LogP contribution in [0.3, 0.4) is 0 Å². The second-order valence-electron chi connectivity index (χ2n) is 5.87. The van der Waals surface area contributed by atoms with Crippen LogP contribution < -0.4 is 5.32 Å². The number of nitrogens with one attached hydrogen (secondary N) is 1. The van der Waals surface area contributed by atoms with Crippen molar-refractivity contribution in [2.45, 2.75) is 44.8 Å². The van der Waals surface area contributed by atoms with Crippen molar-refractivity contribution in [2.24, 2.45) is 0 Å². The minimum Gasteiger partial charge on any atom is -0.389 e. The molecule has 1 aromatic rings. The van der Waals surface area contributed by atoms with Crippen molar-refractivity contribution in [3.05, 3.63) is 35.9 Å². The Kier molecular flexibility index (Phi) is 6.49. The van der Waals surface area contributed by atoms with Gasteiger partial charge in [0.1, 0.15) is 0 Å². The highest BCUT2D eigenvalue weighted by molar-refractivity contribution is 5.23. The van der Waals surface area contributed by atoms with Gasteiger partial charge < -0.3 is 15.2 Å². The lowest BCUT2D eigenvalue weighted by Gasteiger charge is -2.29. The molecule has 0 spiro atoms. The van der Waals surface area contributed by atoms with E-state index in [1.807, 2.05) is 6.07 Å². The van der Waals surface area contributed by atoms with E-state index < -0.39 is 6.10 Å². The SMILES string of the molecule is COCC(O)CNC(C)CC(C)(C)c1ccccc1. The zero-order valence-corrected chi connectivity index (χ0v) is 12.5. The van der Waals surface area contributed by atoms with Crippen LogP contribution in [-0.2, 0) is 10.2 Å². The van der Waals surface area contributed by atoms with Gasteiger partial charge in [0.25, 0.3) is 0 Å². The smallest absolute Gasteiger partial charge is 0.0897 e. The lowest BCUT2D eigenvalue weighted by atomic mass is 9.79. The Morgan fingerprint density at radius 1 is 1.26 bits per heavy atom. The monoisotopic (exact) mass is 265 g/mol. The number of hydrogen-bond acceptors (Lipinski definition) is 3. The molecule has 2 unspecified atom stereocenters. The van der Waals surface area contributed by atoms with Gasteiger partial charge in [-0.2, -0.15) is 0 Å². The molecule has 3 heteroatoms. The molecule has 0 saturated carbocycles. The molecule has 0 fully saturated rings. The number of rotatable bonds is 8. The molecule has 1 aromatic carbocycles. The van der Waals surface area contributed by atoms with E-state index in [9.17, 15) is 5.11 Å². The van der Waals surface area contributed by atoms with Crippen LogP contribution in [0.15, 0.2) is 30.3 Å². The van der Waals surface area contributed by atoms with Crippen LogP contribution in [0.1, 0.15) is 32.8 Å². The Labute approximate surface area is 117 Å². The fourth-order valence-electron chi connectivity index (χ4n) is 2.43. The maximum Gasteiger partial charge on any atom is 0.0897 e. The Hall–Kier alpha value is -0.900. The van der Waals surface area contributed by atoms with Crippen LogP contribution in [0.2, 0.25) is 0 Å². The van der Waals surface area contributed by atoms with Crippen molar-refractivity contribution < 1.29 is 9.84 Å². The van der Waals surface area contributed by atoms with Gasteiger partial charge in [0, 0.05) is 19.7 Å². The van der Waals surface area contributed by atoms with Gasteiger partial charge >= 0.3 is 0 Å². The molecule has 0 aliphatic rings. The second-order valence-corrected chi connectivity index (χ2v) is 5.87. The molecule has 108 valence electrons. The molecule has 3 nitrogen and oxygen atoms in total. The molecule has 0 saturated heterocycles. The molecular formula is C16H27NO2. The van der Waals surface area contributed by atoms with E-state index >= 15 is 0 Å². The van der Waals surface area contributed by atoms with Crippen molar-refractivity contribution in [3.63, 3.8) is 0 Å². The summed E-state index contributed by atoms with van der Waals surface area (Å²) < 4.78 is 4.92. The summed E-state index contributed by atoms with van der Waals surface area (Å²) in [6, 6.07) is 10.9. The van der Waals surface area contributed by atoms with Crippen LogP contribution >= 0.6 is 0 Å². The molecule has 2 atom stereocenters. The second kappa shape index (κ2) is 7.63. The summed E-state index contributed by atoms with van der Waals surface area (Å²) in [5, 5.41) is 13.0. The molecular weight excluding hydrogens is 238 g/mol. The highest BCUT2D eigenvalue weighted by atomic mass is 16.5. The molecule has 2 N–H and O–H groups in total. The summed E-state index contributed by atoms with van der Waals surface area (Å²) >= 11 is 0. The molecule has 0 aliphatic heterocycles. The Morgan fingerprint density at radius 3 is 2.47 bits per heavy atom. The van der Waals surface area contributed by atoms with Crippen LogP contribution in [0.25, 0.3) is 0 Å². The van der Waals surface area contributed by atoms with E-state index in [1.165, 1.54) is 5.56 Å². The predicted molar refractivity (Wildman–Crippen MR) is 79.4 cm³/mol. The summed E-state index contributed by atoms with van der Waals surface area (Å²) in [7, 11) is 1.60.